The van der Waals surface area contributed by atoms with E-state index in [0.29, 0.717) is 41.7 Å². The summed E-state index contributed by atoms with van der Waals surface area (Å²) in [5.41, 5.74) is 7.73. The number of rotatable bonds is 7. The molecule has 4 rings (SSSR count). The third-order valence-electron chi connectivity index (χ3n) is 4.73. The molecule has 2 aromatic heterocycles. The molecule has 0 amide bonds. The summed E-state index contributed by atoms with van der Waals surface area (Å²) in [7, 11) is 0. The summed E-state index contributed by atoms with van der Waals surface area (Å²) in [5.74, 6) is -0.589. The fourth-order valence-corrected chi connectivity index (χ4v) is 3.15. The number of aliphatic carboxylic acids is 1. The first-order valence-electron chi connectivity index (χ1n) is 9.98. The average Bonchev–Trinajstić information content (AvgIpc) is 3.19. The normalized spacial score (nSPS) is 20.8. The van der Waals surface area contributed by atoms with Crippen molar-refractivity contribution in [2.24, 2.45) is 5.73 Å². The molecular formula is C21H23FN6O4. The summed E-state index contributed by atoms with van der Waals surface area (Å²) >= 11 is 0. The van der Waals surface area contributed by atoms with Crippen LogP contribution in [0.15, 0.2) is 36.5 Å². The highest BCUT2D eigenvalue weighted by Gasteiger charge is 2.32. The number of nitrogens with two attached hydrogens (primary N) is 1. The van der Waals surface area contributed by atoms with Crippen LogP contribution in [-0.4, -0.2) is 56.3 Å². The highest BCUT2D eigenvalue weighted by molar-refractivity contribution is 5.77. The van der Waals surface area contributed by atoms with Gasteiger partial charge in [0, 0.05) is 18.3 Å². The topological polar surface area (TPSA) is 148 Å². The molecule has 0 aliphatic carbocycles. The van der Waals surface area contributed by atoms with E-state index in [0.717, 1.165) is 0 Å². The van der Waals surface area contributed by atoms with Gasteiger partial charge in [0.1, 0.15) is 5.82 Å². The van der Waals surface area contributed by atoms with Gasteiger partial charge in [0.25, 0.3) is 0 Å². The second-order valence-electron chi connectivity index (χ2n) is 7.80. The fourth-order valence-electron chi connectivity index (χ4n) is 3.15. The first-order chi connectivity index (χ1) is 15.3. The summed E-state index contributed by atoms with van der Waals surface area (Å²) < 4.78 is 24.9. The molecule has 1 fully saturated rings. The van der Waals surface area contributed by atoms with Gasteiger partial charge < -0.3 is 30.6 Å². The maximum absolute atomic E-state index is 13.5. The van der Waals surface area contributed by atoms with E-state index in [-0.39, 0.29) is 24.7 Å². The van der Waals surface area contributed by atoms with Gasteiger partial charge in [0.05, 0.1) is 42.3 Å². The van der Waals surface area contributed by atoms with E-state index in [2.05, 4.69) is 25.3 Å². The lowest BCUT2D eigenvalue weighted by molar-refractivity contribution is -0.211. The molecule has 0 atom stereocenters. The van der Waals surface area contributed by atoms with Gasteiger partial charge in [-0.05, 0) is 37.3 Å². The lowest BCUT2D eigenvalue weighted by Gasteiger charge is -2.33. The Bertz CT molecular complexity index is 1090. The number of aromatic nitrogens is 4. The van der Waals surface area contributed by atoms with Crippen molar-refractivity contribution in [1.29, 1.82) is 0 Å². The molecule has 10 nitrogen and oxygen atoms in total. The molecule has 0 bridgehead atoms. The molecule has 3 heterocycles. The number of anilines is 1. The van der Waals surface area contributed by atoms with Crippen molar-refractivity contribution in [2.45, 2.75) is 25.2 Å². The van der Waals surface area contributed by atoms with E-state index < -0.39 is 17.8 Å². The molecule has 1 aromatic carbocycles. The third kappa shape index (κ3) is 5.07. The van der Waals surface area contributed by atoms with Gasteiger partial charge >= 0.3 is 5.97 Å². The quantitative estimate of drug-likeness (QED) is 0.432. The van der Waals surface area contributed by atoms with Crippen LogP contribution in [0.5, 0.6) is 0 Å². The number of carboxylic acids is 1. The van der Waals surface area contributed by atoms with Crippen molar-refractivity contribution < 1.29 is 23.8 Å². The molecule has 1 aliphatic heterocycles. The van der Waals surface area contributed by atoms with Crippen molar-refractivity contribution in [1.82, 2.24) is 19.9 Å². The van der Waals surface area contributed by atoms with Crippen LogP contribution in [0, 0.1) is 5.82 Å². The Kier molecular flexibility index (Phi) is 6.12. The molecule has 11 heteroatoms. The highest BCUT2D eigenvalue weighted by atomic mass is 19.1. The Morgan fingerprint density at radius 1 is 1.28 bits per heavy atom. The van der Waals surface area contributed by atoms with Gasteiger partial charge in [-0.25, -0.2) is 19.3 Å². The zero-order chi connectivity index (χ0) is 22.7. The Morgan fingerprint density at radius 3 is 2.69 bits per heavy atom. The SMILES string of the molecule is CC1(N)COC(c2nc(-c3ccc(F)cc3)c(-c3ccnc(NCCC(=O)O)n3)[nH]2)OC1. The van der Waals surface area contributed by atoms with Crippen LogP contribution in [0.3, 0.4) is 0 Å². The second kappa shape index (κ2) is 8.99. The minimum Gasteiger partial charge on any atom is -0.481 e. The number of imidazole rings is 1. The molecular weight excluding hydrogens is 419 g/mol. The van der Waals surface area contributed by atoms with E-state index in [1.54, 1.807) is 24.4 Å². The van der Waals surface area contributed by atoms with Gasteiger partial charge in [-0.1, -0.05) is 0 Å². The molecule has 0 unspecified atom stereocenters. The number of aromatic amines is 1. The van der Waals surface area contributed by atoms with Crippen molar-refractivity contribution >= 4 is 11.9 Å². The Morgan fingerprint density at radius 2 is 2.00 bits per heavy atom. The maximum Gasteiger partial charge on any atom is 0.305 e. The summed E-state index contributed by atoms with van der Waals surface area (Å²) in [5, 5.41) is 11.7. The van der Waals surface area contributed by atoms with Crippen LogP contribution >= 0.6 is 0 Å². The molecule has 32 heavy (non-hydrogen) atoms. The van der Waals surface area contributed by atoms with Crippen molar-refractivity contribution in [2.75, 3.05) is 25.1 Å². The zero-order valence-electron chi connectivity index (χ0n) is 17.3. The van der Waals surface area contributed by atoms with Crippen molar-refractivity contribution in [3.8, 4) is 22.6 Å². The van der Waals surface area contributed by atoms with Gasteiger partial charge in [-0.2, -0.15) is 0 Å². The largest absolute Gasteiger partial charge is 0.481 e. The number of hydrogen-bond donors (Lipinski definition) is 4. The van der Waals surface area contributed by atoms with Crippen LogP contribution in [-0.2, 0) is 14.3 Å². The predicted molar refractivity (Wildman–Crippen MR) is 113 cm³/mol. The maximum atomic E-state index is 13.5. The number of nitrogens with zero attached hydrogens (tertiary/aromatic N) is 3. The first kappa shape index (κ1) is 21.8. The molecule has 5 N–H and O–H groups in total. The Balaban J connectivity index is 1.68. The van der Waals surface area contributed by atoms with Gasteiger partial charge in [0.15, 0.2) is 5.82 Å². The highest BCUT2D eigenvalue weighted by Crippen LogP contribution is 2.33. The molecule has 0 spiro atoms. The minimum atomic E-state index is -0.925. The van der Waals surface area contributed by atoms with Gasteiger partial charge in [-0.15, -0.1) is 0 Å². The molecule has 0 radical (unpaired) electrons. The molecule has 1 aliphatic rings. The molecule has 1 saturated heterocycles. The van der Waals surface area contributed by atoms with Gasteiger partial charge in [-0.3, -0.25) is 4.79 Å². The molecule has 3 aromatic rings. The molecule has 0 saturated carbocycles. The van der Waals surface area contributed by atoms with Crippen LogP contribution in [0.25, 0.3) is 22.6 Å². The van der Waals surface area contributed by atoms with Gasteiger partial charge in [0.2, 0.25) is 12.2 Å². The lowest BCUT2D eigenvalue weighted by Crippen LogP contribution is -2.50. The third-order valence-corrected chi connectivity index (χ3v) is 4.73. The summed E-state index contributed by atoms with van der Waals surface area (Å²) in [6, 6.07) is 7.61. The van der Waals surface area contributed by atoms with Crippen LogP contribution in [0.4, 0.5) is 10.3 Å². The van der Waals surface area contributed by atoms with Crippen LogP contribution in [0.1, 0.15) is 25.5 Å². The van der Waals surface area contributed by atoms with Crippen molar-refractivity contribution in [3.05, 3.63) is 48.2 Å². The number of benzene rings is 1. The Hall–Kier alpha value is -3.41. The minimum absolute atomic E-state index is 0.0704. The zero-order valence-corrected chi connectivity index (χ0v) is 17.3. The van der Waals surface area contributed by atoms with Crippen LogP contribution < -0.4 is 11.1 Å². The Labute approximate surface area is 183 Å². The lowest BCUT2D eigenvalue weighted by atomic mass is 10.1. The van der Waals surface area contributed by atoms with E-state index in [1.807, 2.05) is 6.92 Å². The number of H-pyrrole nitrogens is 1. The second-order valence-corrected chi connectivity index (χ2v) is 7.80. The first-order valence-corrected chi connectivity index (χ1v) is 9.98. The average molecular weight is 442 g/mol. The number of ether oxygens (including phenoxy) is 2. The van der Waals surface area contributed by atoms with Crippen molar-refractivity contribution in [3.63, 3.8) is 0 Å². The number of nitrogens with one attached hydrogen (secondary N) is 2. The fraction of sp³-hybridized carbons (Fsp3) is 0.333. The summed E-state index contributed by atoms with van der Waals surface area (Å²) in [6.45, 7) is 2.61. The standard InChI is InChI=1S/C21H23FN6O4/c1-21(23)10-31-19(32-11-21)18-27-16(12-2-4-13(22)5-3-12)17(28-18)14-6-8-24-20(26-14)25-9-7-15(29)30/h2-6,8,19H,7,9-11,23H2,1H3,(H,27,28)(H,29,30)(H,24,25,26). The van der Waals surface area contributed by atoms with E-state index in [4.69, 9.17) is 20.3 Å². The predicted octanol–water partition coefficient (Wildman–Crippen LogP) is 2.32. The van der Waals surface area contributed by atoms with E-state index in [1.165, 1.54) is 12.1 Å². The number of halogens is 1. The van der Waals surface area contributed by atoms with Crippen LogP contribution in [0.2, 0.25) is 0 Å². The smallest absolute Gasteiger partial charge is 0.305 e. The monoisotopic (exact) mass is 442 g/mol. The summed E-state index contributed by atoms with van der Waals surface area (Å²) in [4.78, 5) is 27.2. The number of carboxylic acid groups (broad SMARTS) is 1. The molecule has 168 valence electrons. The van der Waals surface area contributed by atoms with E-state index in [9.17, 15) is 9.18 Å². The summed E-state index contributed by atoms with van der Waals surface area (Å²) in [6.07, 6.45) is 0.738. The van der Waals surface area contributed by atoms with E-state index >= 15 is 0 Å². The number of carbonyl (C=O) groups is 1. The number of hydrogen-bond acceptors (Lipinski definition) is 8.